The summed E-state index contributed by atoms with van der Waals surface area (Å²) in [5.74, 6) is 0.573. The molecule has 0 aromatic heterocycles. The van der Waals surface area contributed by atoms with E-state index in [-0.39, 0.29) is 12.5 Å². The zero-order chi connectivity index (χ0) is 14.5. The first-order valence-corrected chi connectivity index (χ1v) is 7.10. The van der Waals surface area contributed by atoms with Gasteiger partial charge in [-0.25, -0.2) is 0 Å². The molecular formula is C16H16BrNO2. The molecule has 0 bridgehead atoms. The van der Waals surface area contributed by atoms with E-state index in [1.807, 2.05) is 56.3 Å². The summed E-state index contributed by atoms with van der Waals surface area (Å²) in [4.78, 5) is 11.8. The van der Waals surface area contributed by atoms with Gasteiger partial charge in [-0.05, 0) is 55.3 Å². The van der Waals surface area contributed by atoms with Crippen LogP contribution in [-0.2, 0) is 4.79 Å². The molecule has 0 aliphatic carbocycles. The molecule has 1 N–H and O–H groups in total. The lowest BCUT2D eigenvalue weighted by Crippen LogP contribution is -2.20. The van der Waals surface area contributed by atoms with Gasteiger partial charge in [-0.3, -0.25) is 4.79 Å². The molecule has 0 saturated carbocycles. The highest BCUT2D eigenvalue weighted by Gasteiger charge is 2.06. The molecule has 0 fully saturated rings. The molecule has 2 rings (SSSR count). The van der Waals surface area contributed by atoms with Gasteiger partial charge in [0.25, 0.3) is 5.91 Å². The Morgan fingerprint density at radius 1 is 1.15 bits per heavy atom. The Bertz CT molecular complexity index is 608. The van der Waals surface area contributed by atoms with Crippen molar-refractivity contribution < 1.29 is 9.53 Å². The predicted octanol–water partition coefficient (Wildman–Crippen LogP) is 4.08. The summed E-state index contributed by atoms with van der Waals surface area (Å²) in [6, 6.07) is 13.2. The first kappa shape index (κ1) is 14.6. The van der Waals surface area contributed by atoms with E-state index in [1.54, 1.807) is 0 Å². The Morgan fingerprint density at radius 2 is 1.85 bits per heavy atom. The molecule has 2 aromatic rings. The molecule has 0 heterocycles. The van der Waals surface area contributed by atoms with Crippen LogP contribution >= 0.6 is 15.9 Å². The predicted molar refractivity (Wildman–Crippen MR) is 84.2 cm³/mol. The largest absolute Gasteiger partial charge is 0.483 e. The van der Waals surface area contributed by atoms with E-state index < -0.39 is 0 Å². The molecular weight excluding hydrogens is 318 g/mol. The van der Waals surface area contributed by atoms with Crippen LogP contribution in [0.1, 0.15) is 11.1 Å². The first-order chi connectivity index (χ1) is 9.56. The van der Waals surface area contributed by atoms with Crippen LogP contribution in [0.4, 0.5) is 5.69 Å². The number of carbonyl (C=O) groups excluding carboxylic acids is 1. The quantitative estimate of drug-likeness (QED) is 0.915. The van der Waals surface area contributed by atoms with Crippen LogP contribution in [-0.4, -0.2) is 12.5 Å². The third kappa shape index (κ3) is 3.84. The number of aryl methyl sites for hydroxylation is 1. The molecule has 20 heavy (non-hydrogen) atoms. The molecule has 0 radical (unpaired) electrons. The van der Waals surface area contributed by atoms with E-state index in [1.165, 1.54) is 0 Å². The lowest BCUT2D eigenvalue weighted by molar-refractivity contribution is -0.118. The van der Waals surface area contributed by atoms with E-state index in [0.29, 0.717) is 0 Å². The van der Waals surface area contributed by atoms with Crippen LogP contribution in [0.5, 0.6) is 5.75 Å². The van der Waals surface area contributed by atoms with Crippen molar-refractivity contribution in [2.45, 2.75) is 13.8 Å². The Balaban J connectivity index is 1.92. The molecule has 1 amide bonds. The van der Waals surface area contributed by atoms with E-state index in [2.05, 4.69) is 21.2 Å². The molecule has 0 atom stereocenters. The molecule has 104 valence electrons. The zero-order valence-electron chi connectivity index (χ0n) is 11.4. The molecule has 0 spiro atoms. The number of rotatable bonds is 4. The van der Waals surface area contributed by atoms with Crippen LogP contribution in [0.2, 0.25) is 0 Å². The number of amides is 1. The van der Waals surface area contributed by atoms with Crippen LogP contribution < -0.4 is 10.1 Å². The Morgan fingerprint density at radius 3 is 2.55 bits per heavy atom. The summed E-state index contributed by atoms with van der Waals surface area (Å²) in [7, 11) is 0. The fourth-order valence-electron chi connectivity index (χ4n) is 1.75. The third-order valence-electron chi connectivity index (χ3n) is 3.04. The van der Waals surface area contributed by atoms with Gasteiger partial charge in [0, 0.05) is 10.2 Å². The fraction of sp³-hybridized carbons (Fsp3) is 0.188. The molecule has 2 aromatic carbocycles. The first-order valence-electron chi connectivity index (χ1n) is 6.30. The number of ether oxygens (including phenoxy) is 1. The van der Waals surface area contributed by atoms with Crippen molar-refractivity contribution in [1.29, 1.82) is 0 Å². The molecule has 0 aliphatic rings. The Hall–Kier alpha value is -1.81. The van der Waals surface area contributed by atoms with Gasteiger partial charge in [0.15, 0.2) is 6.61 Å². The van der Waals surface area contributed by atoms with Gasteiger partial charge in [0.05, 0.1) is 0 Å². The van der Waals surface area contributed by atoms with Crippen molar-refractivity contribution in [3.63, 3.8) is 0 Å². The number of carbonyl (C=O) groups is 1. The van der Waals surface area contributed by atoms with Crippen molar-refractivity contribution in [2.75, 3.05) is 11.9 Å². The lowest BCUT2D eigenvalue weighted by atomic mass is 10.1. The highest BCUT2D eigenvalue weighted by atomic mass is 79.9. The minimum atomic E-state index is -0.173. The topological polar surface area (TPSA) is 38.3 Å². The second-order valence-electron chi connectivity index (χ2n) is 4.54. The number of hydrogen-bond acceptors (Lipinski definition) is 2. The highest BCUT2D eigenvalue weighted by Crippen LogP contribution is 2.20. The van der Waals surface area contributed by atoms with Crippen molar-refractivity contribution in [3.05, 3.63) is 58.1 Å². The normalized spacial score (nSPS) is 10.2. The van der Waals surface area contributed by atoms with Crippen molar-refractivity contribution >= 4 is 27.5 Å². The summed E-state index contributed by atoms with van der Waals surface area (Å²) in [5.41, 5.74) is 2.96. The van der Waals surface area contributed by atoms with Gasteiger partial charge in [-0.1, -0.05) is 28.1 Å². The molecule has 0 aliphatic heterocycles. The molecule has 0 unspecified atom stereocenters. The maximum Gasteiger partial charge on any atom is 0.262 e. The van der Waals surface area contributed by atoms with Gasteiger partial charge in [-0.2, -0.15) is 0 Å². The fourth-order valence-corrected chi connectivity index (χ4v) is 2.02. The van der Waals surface area contributed by atoms with Crippen molar-refractivity contribution in [3.8, 4) is 5.75 Å². The average Bonchev–Trinajstić information content (AvgIpc) is 2.43. The van der Waals surface area contributed by atoms with E-state index in [9.17, 15) is 4.79 Å². The van der Waals surface area contributed by atoms with Crippen LogP contribution in [0.25, 0.3) is 0 Å². The number of hydrogen-bond donors (Lipinski definition) is 1. The number of halogens is 1. The van der Waals surface area contributed by atoms with Gasteiger partial charge in [0.1, 0.15) is 5.75 Å². The summed E-state index contributed by atoms with van der Waals surface area (Å²) >= 11 is 3.35. The summed E-state index contributed by atoms with van der Waals surface area (Å²) < 4.78 is 6.53. The maximum absolute atomic E-state index is 11.8. The van der Waals surface area contributed by atoms with Crippen LogP contribution in [0.3, 0.4) is 0 Å². The standard InChI is InChI=1S/C16H16BrNO2/c1-11-4-3-5-15(12(11)2)20-10-16(19)18-14-8-6-13(17)7-9-14/h3-9H,10H2,1-2H3,(H,18,19). The number of benzene rings is 2. The second kappa shape index (κ2) is 6.57. The lowest BCUT2D eigenvalue weighted by Gasteiger charge is -2.11. The minimum Gasteiger partial charge on any atom is -0.483 e. The monoisotopic (exact) mass is 333 g/mol. The summed E-state index contributed by atoms with van der Waals surface area (Å²) in [6.45, 7) is 4.00. The molecule has 4 heteroatoms. The van der Waals surface area contributed by atoms with Crippen LogP contribution in [0.15, 0.2) is 46.9 Å². The van der Waals surface area contributed by atoms with E-state index in [0.717, 1.165) is 27.0 Å². The maximum atomic E-state index is 11.8. The van der Waals surface area contributed by atoms with Gasteiger partial charge < -0.3 is 10.1 Å². The number of anilines is 1. The Kier molecular flexibility index (Phi) is 4.79. The average molecular weight is 334 g/mol. The van der Waals surface area contributed by atoms with Crippen LogP contribution in [0, 0.1) is 13.8 Å². The Labute approximate surface area is 127 Å². The highest BCUT2D eigenvalue weighted by molar-refractivity contribution is 9.10. The SMILES string of the molecule is Cc1cccc(OCC(=O)Nc2ccc(Br)cc2)c1C. The van der Waals surface area contributed by atoms with Crippen molar-refractivity contribution in [2.24, 2.45) is 0 Å². The third-order valence-corrected chi connectivity index (χ3v) is 3.57. The van der Waals surface area contributed by atoms with E-state index in [4.69, 9.17) is 4.74 Å². The minimum absolute atomic E-state index is 0.000354. The molecule has 0 saturated heterocycles. The summed E-state index contributed by atoms with van der Waals surface area (Å²) in [6.07, 6.45) is 0. The number of nitrogens with one attached hydrogen (secondary N) is 1. The van der Waals surface area contributed by atoms with Gasteiger partial charge >= 0.3 is 0 Å². The van der Waals surface area contributed by atoms with E-state index >= 15 is 0 Å². The second-order valence-corrected chi connectivity index (χ2v) is 5.46. The summed E-state index contributed by atoms with van der Waals surface area (Å²) in [5, 5.41) is 2.79. The zero-order valence-corrected chi connectivity index (χ0v) is 13.0. The van der Waals surface area contributed by atoms with Gasteiger partial charge in [0.2, 0.25) is 0 Å². The van der Waals surface area contributed by atoms with Crippen molar-refractivity contribution in [1.82, 2.24) is 0 Å². The smallest absolute Gasteiger partial charge is 0.262 e. The van der Waals surface area contributed by atoms with Gasteiger partial charge in [-0.15, -0.1) is 0 Å². The molecule has 3 nitrogen and oxygen atoms in total.